The minimum absolute atomic E-state index is 0. The van der Waals surface area contributed by atoms with Crippen LogP contribution in [0.5, 0.6) is 0 Å². The smallest absolute Gasteiger partial charge is 0.200 e. The largest absolute Gasteiger partial charge is 0.207 e. The minimum Gasteiger partial charge on any atom is -0.207 e. The first-order chi connectivity index (χ1) is 20.7. The fourth-order valence-corrected chi connectivity index (χ4v) is 4.87. The van der Waals surface area contributed by atoms with Crippen molar-refractivity contribution in [3.63, 3.8) is 0 Å². The van der Waals surface area contributed by atoms with Gasteiger partial charge in [-0.3, -0.25) is 0 Å². The molecule has 4 aromatic carbocycles. The van der Waals surface area contributed by atoms with Crippen LogP contribution in [0.1, 0.15) is 0 Å². The van der Waals surface area contributed by atoms with Gasteiger partial charge in [-0.05, 0) is 0 Å². The molecule has 0 aliphatic rings. The summed E-state index contributed by atoms with van der Waals surface area (Å²) in [4.78, 5) is 0. The highest BCUT2D eigenvalue weighted by Crippen LogP contribution is 2.30. The Morgan fingerprint density at radius 2 is 0.261 bits per heavy atom. The van der Waals surface area contributed by atoms with Crippen LogP contribution < -0.4 is 21.9 Å². The van der Waals surface area contributed by atoms with Crippen molar-refractivity contribution in [1.82, 2.24) is 0 Å². The van der Waals surface area contributed by atoms with Gasteiger partial charge in [0, 0.05) is 0 Å². The zero-order chi connectivity index (χ0) is 34.4. The highest BCUT2D eigenvalue weighted by molar-refractivity contribution is 7.37. The number of hydrogen-bond donors (Lipinski definition) is 0. The van der Waals surface area contributed by atoms with Crippen LogP contribution in [0.3, 0.4) is 0 Å². The van der Waals surface area contributed by atoms with Crippen molar-refractivity contribution in [2.75, 3.05) is 0 Å². The van der Waals surface area contributed by atoms with Gasteiger partial charge in [0.25, 0.3) is 0 Å². The Balaban J connectivity index is 0.00000576. The third-order valence-corrected chi connectivity index (χ3v) is 6.71. The van der Waals surface area contributed by atoms with Gasteiger partial charge in [0.15, 0.2) is 69.8 Å². The maximum absolute atomic E-state index is 15.4. The summed E-state index contributed by atoms with van der Waals surface area (Å²) in [6, 6.07) is 0. The van der Waals surface area contributed by atoms with Crippen LogP contribution in [0.15, 0.2) is 0 Å². The normalized spacial score (nSPS) is 11.7. The number of halogens is 20. The maximum atomic E-state index is 15.4. The SMILES string of the molecule is Fc1c(F)c(F)c([B-](c2c(F)c(F)c(F)c(F)c2F)(c2c(F)c(F)c(F)c(F)c2F)c2c(F)c(F)c(F)c(F)c2F)c(F)c1F.[SH3+]. The second-order valence-corrected chi connectivity index (χ2v) is 8.80. The molecule has 0 N–H and O–H groups in total. The van der Waals surface area contributed by atoms with Crippen LogP contribution in [0.2, 0.25) is 0 Å². The predicted molar refractivity (Wildman–Crippen MR) is 121 cm³/mol. The van der Waals surface area contributed by atoms with Crippen molar-refractivity contribution in [1.29, 1.82) is 0 Å². The molecule has 4 aromatic rings. The molecule has 0 aromatic heterocycles. The maximum Gasteiger partial charge on any atom is 0.200 e. The van der Waals surface area contributed by atoms with E-state index < -0.39 is 144 Å². The van der Waals surface area contributed by atoms with Gasteiger partial charge in [0.2, 0.25) is 0 Å². The molecule has 46 heavy (non-hydrogen) atoms. The minimum atomic E-state index is -7.22. The Morgan fingerprint density at radius 1 is 0.174 bits per heavy atom. The van der Waals surface area contributed by atoms with Crippen molar-refractivity contribution in [2.45, 2.75) is 0 Å². The Bertz CT molecular complexity index is 1580. The molecule has 0 amide bonds. The molecule has 0 fully saturated rings. The van der Waals surface area contributed by atoms with Gasteiger partial charge in [0.05, 0.1) is 0 Å². The molecular weight excluding hydrogens is 711 g/mol. The third kappa shape index (κ3) is 4.49. The van der Waals surface area contributed by atoms with Crippen LogP contribution in [0, 0.1) is 116 Å². The quantitative estimate of drug-likeness (QED) is 0.0915. The molecule has 248 valence electrons. The van der Waals surface area contributed by atoms with Gasteiger partial charge >= 0.3 is 0 Å². The molecule has 0 heterocycles. The third-order valence-electron chi connectivity index (χ3n) is 6.71. The monoisotopic (exact) mass is 714 g/mol. The van der Waals surface area contributed by atoms with Crippen molar-refractivity contribution < 1.29 is 87.8 Å². The average molecular weight is 714 g/mol. The summed E-state index contributed by atoms with van der Waals surface area (Å²) in [6.07, 6.45) is -7.22. The molecule has 0 saturated heterocycles. The van der Waals surface area contributed by atoms with Crippen molar-refractivity contribution in [3.8, 4) is 0 Å². The first-order valence-corrected chi connectivity index (χ1v) is 10.9. The summed E-state index contributed by atoms with van der Waals surface area (Å²) in [6.45, 7) is 0. The van der Waals surface area contributed by atoms with E-state index in [9.17, 15) is 52.7 Å². The Morgan fingerprint density at radius 3 is 0.370 bits per heavy atom. The molecule has 4 rings (SSSR count). The fourth-order valence-electron chi connectivity index (χ4n) is 4.87. The molecule has 0 nitrogen and oxygen atoms in total. The lowest BCUT2D eigenvalue weighted by Crippen LogP contribution is -2.81. The fraction of sp³-hybridized carbons (Fsp3) is 0. The van der Waals surface area contributed by atoms with Crippen molar-refractivity contribution in [3.05, 3.63) is 116 Å². The van der Waals surface area contributed by atoms with Crippen LogP contribution in [0.25, 0.3) is 0 Å². The molecular formula is C24H3BF20S. The highest BCUT2D eigenvalue weighted by atomic mass is 32.1. The summed E-state index contributed by atoms with van der Waals surface area (Å²) < 4.78 is 294. The molecule has 0 atom stereocenters. The number of hydrogen-bond acceptors (Lipinski definition) is 0. The molecule has 0 spiro atoms. The van der Waals surface area contributed by atoms with Crippen LogP contribution >= 0.6 is 0 Å². The van der Waals surface area contributed by atoms with E-state index in [1.807, 2.05) is 0 Å². The predicted octanol–water partition coefficient (Wildman–Crippen LogP) is 5.04. The van der Waals surface area contributed by atoms with Crippen molar-refractivity contribution in [2.24, 2.45) is 0 Å². The van der Waals surface area contributed by atoms with Gasteiger partial charge < -0.3 is 0 Å². The molecule has 0 aliphatic heterocycles. The lowest BCUT2D eigenvalue weighted by Gasteiger charge is -2.44. The Kier molecular flexibility index (Phi) is 9.42. The topological polar surface area (TPSA) is 0 Å². The van der Waals surface area contributed by atoms with E-state index in [0.717, 1.165) is 0 Å². The van der Waals surface area contributed by atoms with E-state index in [-0.39, 0.29) is 13.5 Å². The summed E-state index contributed by atoms with van der Waals surface area (Å²) in [7, 11) is 0. The lowest BCUT2D eigenvalue weighted by molar-refractivity contribution is 0.378. The first kappa shape index (κ1) is 36.4. The zero-order valence-electron chi connectivity index (χ0n) is 20.7. The summed E-state index contributed by atoms with van der Waals surface area (Å²) in [5.74, 6) is -71.4. The van der Waals surface area contributed by atoms with Gasteiger partial charge in [-0.2, -0.15) is 0 Å². The van der Waals surface area contributed by atoms with E-state index in [0.29, 0.717) is 0 Å². The molecule has 0 unspecified atom stereocenters. The van der Waals surface area contributed by atoms with E-state index >= 15 is 35.1 Å². The Hall–Kier alpha value is -4.11. The summed E-state index contributed by atoms with van der Waals surface area (Å²) in [5, 5.41) is 0. The zero-order valence-corrected chi connectivity index (χ0v) is 21.9. The van der Waals surface area contributed by atoms with Crippen LogP contribution in [-0.2, 0) is 13.5 Å². The molecule has 0 saturated carbocycles. The van der Waals surface area contributed by atoms with Gasteiger partial charge in [-0.1, -0.05) is 13.5 Å². The second kappa shape index (κ2) is 11.9. The van der Waals surface area contributed by atoms with E-state index in [1.165, 1.54) is 0 Å². The second-order valence-electron chi connectivity index (χ2n) is 8.80. The highest BCUT2D eigenvalue weighted by Gasteiger charge is 2.52. The summed E-state index contributed by atoms with van der Waals surface area (Å²) >= 11 is 0. The molecule has 0 bridgehead atoms. The number of benzene rings is 4. The van der Waals surface area contributed by atoms with E-state index in [2.05, 4.69) is 0 Å². The standard InChI is InChI=1S/C24BF20.H2S/c26-5-1(6(27)14(35)21(42)13(5)34)25(2-7(28)15(36)22(43)16(37)8(2)29,3-9(30)17(38)23(44)18(39)10(3)31)4-11(32)19(40)24(45)20(41)12(4)33;/h;1H2/q-1;/p+1. The average Bonchev–Trinajstić information content (AvgIpc) is 3.00. The molecule has 0 aliphatic carbocycles. The molecule has 0 radical (unpaired) electrons. The molecule has 22 heteroatoms. The van der Waals surface area contributed by atoms with Crippen LogP contribution in [-0.4, -0.2) is 6.15 Å². The van der Waals surface area contributed by atoms with Gasteiger partial charge in [-0.25, -0.2) is 87.8 Å². The van der Waals surface area contributed by atoms with Crippen molar-refractivity contribution >= 4 is 41.5 Å². The van der Waals surface area contributed by atoms with E-state index in [1.54, 1.807) is 0 Å². The summed E-state index contributed by atoms with van der Waals surface area (Å²) in [5.41, 5.74) is -14.3. The van der Waals surface area contributed by atoms with Gasteiger partial charge in [-0.15, -0.1) is 21.9 Å². The number of rotatable bonds is 4. The van der Waals surface area contributed by atoms with Crippen LogP contribution in [0.4, 0.5) is 87.8 Å². The lowest BCUT2D eigenvalue weighted by atomic mass is 9.12. The van der Waals surface area contributed by atoms with Gasteiger partial charge in [0.1, 0.15) is 52.7 Å². The first-order valence-electron chi connectivity index (χ1n) is 10.9. The van der Waals surface area contributed by atoms with E-state index in [4.69, 9.17) is 0 Å². The Labute approximate surface area is 246 Å².